The molecule has 2 heterocycles. The smallest absolute Gasteiger partial charge is 0.260 e. The minimum absolute atomic E-state index is 0.0739. The Morgan fingerprint density at radius 1 is 1.38 bits per heavy atom. The van der Waals surface area contributed by atoms with Gasteiger partial charge in [-0.2, -0.15) is 0 Å². The van der Waals surface area contributed by atoms with E-state index in [0.717, 1.165) is 18.7 Å². The number of hydrogen-bond donors (Lipinski definition) is 1. The van der Waals surface area contributed by atoms with Crippen molar-refractivity contribution in [2.45, 2.75) is 18.9 Å². The molecule has 0 aromatic heterocycles. The van der Waals surface area contributed by atoms with Crippen LogP contribution in [0.4, 0.5) is 5.69 Å². The molecule has 7 heteroatoms. The topological polar surface area (TPSA) is 79.3 Å². The molecule has 7 nitrogen and oxygen atoms in total. The van der Waals surface area contributed by atoms with Gasteiger partial charge in [0.2, 0.25) is 5.91 Å². The highest BCUT2D eigenvalue weighted by Gasteiger charge is 2.24. The van der Waals surface area contributed by atoms with Gasteiger partial charge in [0, 0.05) is 37.8 Å². The Balaban J connectivity index is 1.56. The Kier molecular flexibility index (Phi) is 5.32. The van der Waals surface area contributed by atoms with Gasteiger partial charge in [-0.25, -0.2) is 0 Å². The molecule has 1 aromatic carbocycles. The third-order valence-electron chi connectivity index (χ3n) is 4.26. The maximum absolute atomic E-state index is 12.2. The molecule has 3 rings (SSSR count). The van der Waals surface area contributed by atoms with Crippen LogP contribution in [0.25, 0.3) is 0 Å². The number of aliphatic hydroxyl groups excluding tert-OH is 1. The zero-order valence-electron chi connectivity index (χ0n) is 13.5. The van der Waals surface area contributed by atoms with Crippen LogP contribution in [0.15, 0.2) is 24.3 Å². The molecule has 2 aliphatic rings. The van der Waals surface area contributed by atoms with Crippen molar-refractivity contribution in [2.24, 2.45) is 0 Å². The van der Waals surface area contributed by atoms with E-state index in [4.69, 9.17) is 14.6 Å². The molecule has 2 fully saturated rings. The summed E-state index contributed by atoms with van der Waals surface area (Å²) in [5.41, 5.74) is 0.800. The first kappa shape index (κ1) is 16.7. The van der Waals surface area contributed by atoms with E-state index >= 15 is 0 Å². The van der Waals surface area contributed by atoms with Crippen molar-refractivity contribution in [1.82, 2.24) is 4.90 Å². The lowest BCUT2D eigenvalue weighted by atomic mass is 10.2. The molecule has 1 N–H and O–H groups in total. The first-order valence-corrected chi connectivity index (χ1v) is 8.21. The number of benzene rings is 1. The normalized spacial score (nSPS) is 21.2. The largest absolute Gasteiger partial charge is 0.484 e. The summed E-state index contributed by atoms with van der Waals surface area (Å²) in [5, 5.41) is 9.13. The summed E-state index contributed by atoms with van der Waals surface area (Å²) < 4.78 is 10.9. The highest BCUT2D eigenvalue weighted by molar-refractivity contribution is 5.95. The van der Waals surface area contributed by atoms with Crippen molar-refractivity contribution < 1.29 is 24.2 Å². The average Bonchev–Trinajstić information content (AvgIpc) is 3.06. The number of nitrogens with zero attached hydrogens (tertiary/aromatic N) is 2. The van der Waals surface area contributed by atoms with Gasteiger partial charge < -0.3 is 24.4 Å². The van der Waals surface area contributed by atoms with E-state index < -0.39 is 0 Å². The summed E-state index contributed by atoms with van der Waals surface area (Å²) in [7, 11) is 0. The molecule has 0 saturated carbocycles. The zero-order valence-corrected chi connectivity index (χ0v) is 13.5. The van der Waals surface area contributed by atoms with Gasteiger partial charge in [0.05, 0.1) is 19.3 Å². The van der Waals surface area contributed by atoms with E-state index in [2.05, 4.69) is 0 Å². The highest BCUT2D eigenvalue weighted by atomic mass is 16.5. The lowest BCUT2D eigenvalue weighted by molar-refractivity contribution is -0.142. The van der Waals surface area contributed by atoms with Crippen LogP contribution in [0.3, 0.4) is 0 Å². The van der Waals surface area contributed by atoms with E-state index in [1.165, 1.54) is 0 Å². The number of carbonyl (C=O) groups excluding carboxylic acids is 2. The van der Waals surface area contributed by atoms with Crippen LogP contribution in [0.1, 0.15) is 12.8 Å². The first-order valence-electron chi connectivity index (χ1n) is 8.21. The standard InChI is InChI=1S/C17H22N2O5/c20-11-15-10-18(7-8-23-15)17(22)12-24-14-4-1-3-13(9-14)19-6-2-5-16(19)21/h1,3-4,9,15,20H,2,5-8,10-12H2/t15-/m0/s1. The molecule has 130 valence electrons. The summed E-state index contributed by atoms with van der Waals surface area (Å²) in [4.78, 5) is 27.4. The SMILES string of the molecule is O=C(COc1cccc(N2CCCC2=O)c1)N1CCO[C@H](CO)C1. The summed E-state index contributed by atoms with van der Waals surface area (Å²) in [6.45, 7) is 1.84. The number of morpholine rings is 1. The van der Waals surface area contributed by atoms with Crippen molar-refractivity contribution in [3.8, 4) is 5.75 Å². The van der Waals surface area contributed by atoms with E-state index in [1.807, 2.05) is 12.1 Å². The molecular weight excluding hydrogens is 312 g/mol. The molecule has 0 bridgehead atoms. The van der Waals surface area contributed by atoms with E-state index in [1.54, 1.807) is 21.9 Å². The molecule has 0 radical (unpaired) electrons. The number of ether oxygens (including phenoxy) is 2. The molecule has 24 heavy (non-hydrogen) atoms. The predicted octanol–water partition coefficient (Wildman–Crippen LogP) is 0.412. The fourth-order valence-corrected chi connectivity index (χ4v) is 2.96. The number of aliphatic hydroxyl groups is 1. The molecular formula is C17H22N2O5. The van der Waals surface area contributed by atoms with E-state index in [9.17, 15) is 9.59 Å². The van der Waals surface area contributed by atoms with Gasteiger partial charge in [-0.05, 0) is 18.6 Å². The lowest BCUT2D eigenvalue weighted by Gasteiger charge is -2.32. The van der Waals surface area contributed by atoms with Gasteiger partial charge in [-0.15, -0.1) is 0 Å². The molecule has 2 aliphatic heterocycles. The molecule has 2 saturated heterocycles. The minimum Gasteiger partial charge on any atom is -0.484 e. The summed E-state index contributed by atoms with van der Waals surface area (Å²) >= 11 is 0. The second-order valence-corrected chi connectivity index (χ2v) is 5.95. The molecule has 0 spiro atoms. The van der Waals surface area contributed by atoms with E-state index in [0.29, 0.717) is 31.9 Å². The van der Waals surface area contributed by atoms with Crippen molar-refractivity contribution in [3.05, 3.63) is 24.3 Å². The Labute approximate surface area is 140 Å². The van der Waals surface area contributed by atoms with Crippen molar-refractivity contribution in [2.75, 3.05) is 44.4 Å². The van der Waals surface area contributed by atoms with E-state index in [-0.39, 0.29) is 31.1 Å². The molecule has 0 unspecified atom stereocenters. The van der Waals surface area contributed by atoms with Crippen molar-refractivity contribution in [3.63, 3.8) is 0 Å². The van der Waals surface area contributed by atoms with Crippen LogP contribution in [0.5, 0.6) is 5.75 Å². The van der Waals surface area contributed by atoms with Gasteiger partial charge in [0.25, 0.3) is 5.91 Å². The van der Waals surface area contributed by atoms with Gasteiger partial charge in [-0.1, -0.05) is 6.07 Å². The van der Waals surface area contributed by atoms with Gasteiger partial charge in [0.1, 0.15) is 5.75 Å². The quantitative estimate of drug-likeness (QED) is 0.844. The number of carbonyl (C=O) groups is 2. The summed E-state index contributed by atoms with van der Waals surface area (Å²) in [6.07, 6.45) is 1.12. The monoisotopic (exact) mass is 334 g/mol. The van der Waals surface area contributed by atoms with Crippen LogP contribution in [-0.4, -0.2) is 67.4 Å². The fourth-order valence-electron chi connectivity index (χ4n) is 2.96. The number of hydrogen-bond acceptors (Lipinski definition) is 5. The van der Waals surface area contributed by atoms with Gasteiger partial charge in [-0.3, -0.25) is 9.59 Å². The molecule has 1 aromatic rings. The predicted molar refractivity (Wildman–Crippen MR) is 86.9 cm³/mol. The number of anilines is 1. The Hall–Kier alpha value is -2.12. The third kappa shape index (κ3) is 3.85. The Morgan fingerprint density at radius 2 is 2.25 bits per heavy atom. The summed E-state index contributed by atoms with van der Waals surface area (Å²) in [5.74, 6) is 0.540. The van der Waals surface area contributed by atoms with Crippen molar-refractivity contribution in [1.29, 1.82) is 0 Å². The van der Waals surface area contributed by atoms with Crippen LogP contribution in [0.2, 0.25) is 0 Å². The molecule has 2 amide bonds. The molecule has 1 atom stereocenters. The average molecular weight is 334 g/mol. The Bertz CT molecular complexity index is 606. The second kappa shape index (κ2) is 7.63. The maximum atomic E-state index is 12.2. The first-order chi connectivity index (χ1) is 11.7. The minimum atomic E-state index is -0.327. The number of rotatable bonds is 5. The van der Waals surface area contributed by atoms with Crippen LogP contribution in [-0.2, 0) is 14.3 Å². The summed E-state index contributed by atoms with van der Waals surface area (Å²) in [6, 6.07) is 7.24. The third-order valence-corrected chi connectivity index (χ3v) is 4.26. The second-order valence-electron chi connectivity index (χ2n) is 5.95. The van der Waals surface area contributed by atoms with Crippen LogP contribution in [0, 0.1) is 0 Å². The molecule has 0 aliphatic carbocycles. The Morgan fingerprint density at radius 3 is 3.00 bits per heavy atom. The van der Waals surface area contributed by atoms with Crippen molar-refractivity contribution >= 4 is 17.5 Å². The van der Waals surface area contributed by atoms with Crippen LogP contribution < -0.4 is 9.64 Å². The maximum Gasteiger partial charge on any atom is 0.260 e. The van der Waals surface area contributed by atoms with Gasteiger partial charge in [0.15, 0.2) is 6.61 Å². The van der Waals surface area contributed by atoms with Gasteiger partial charge >= 0.3 is 0 Å². The fraction of sp³-hybridized carbons (Fsp3) is 0.529. The highest BCUT2D eigenvalue weighted by Crippen LogP contribution is 2.25. The lowest BCUT2D eigenvalue weighted by Crippen LogP contribution is -2.48. The zero-order chi connectivity index (χ0) is 16.9. The number of amides is 2. The van der Waals surface area contributed by atoms with Crippen LogP contribution >= 0.6 is 0 Å².